The third kappa shape index (κ3) is 13.6. The Bertz CT molecular complexity index is 154. The van der Waals surface area contributed by atoms with E-state index in [1.807, 2.05) is 6.07 Å². The second-order valence-corrected chi connectivity index (χ2v) is 1.84. The van der Waals surface area contributed by atoms with Crippen molar-refractivity contribution in [2.45, 2.75) is 13.3 Å². The van der Waals surface area contributed by atoms with E-state index in [1.165, 1.54) is 5.56 Å². The van der Waals surface area contributed by atoms with Crippen molar-refractivity contribution in [3.8, 4) is 0 Å². The van der Waals surface area contributed by atoms with Crippen LogP contribution < -0.4 is 0 Å². The maximum Gasteiger partial charge on any atom is -0.0307 e. The van der Waals surface area contributed by atoms with Crippen molar-refractivity contribution in [3.05, 3.63) is 35.9 Å². The molecule has 0 saturated carbocycles. The quantitative estimate of drug-likeness (QED) is 0.491. The molecule has 5 heteroatoms. The van der Waals surface area contributed by atoms with Crippen LogP contribution in [0.3, 0.4) is 0 Å². The van der Waals surface area contributed by atoms with Gasteiger partial charge in [0.05, 0.1) is 0 Å². The van der Waals surface area contributed by atoms with E-state index in [0.717, 1.165) is 6.42 Å². The molecule has 0 amide bonds. The molecule has 13 heavy (non-hydrogen) atoms. The summed E-state index contributed by atoms with van der Waals surface area (Å²) in [6.45, 7) is 2.16. The Labute approximate surface area is 133 Å². The van der Waals surface area contributed by atoms with Crippen LogP contribution in [0.5, 0.6) is 0 Å². The maximum absolute atomic E-state index is 2.16. The van der Waals surface area contributed by atoms with Gasteiger partial charge in [0.1, 0.15) is 0 Å². The molecule has 0 nitrogen and oxygen atoms in total. The lowest BCUT2D eigenvalue weighted by Crippen LogP contribution is -1.73. The Morgan fingerprint density at radius 1 is 0.769 bits per heavy atom. The van der Waals surface area contributed by atoms with Gasteiger partial charge in [0, 0.05) is 0 Å². The molecule has 82 valence electrons. The number of aryl methyl sites for hydroxylation is 1. The third-order valence-electron chi connectivity index (χ3n) is 1.25. The van der Waals surface area contributed by atoms with Gasteiger partial charge in [-0.1, -0.05) is 37.3 Å². The van der Waals surface area contributed by atoms with Gasteiger partial charge in [0.2, 0.25) is 0 Å². The Morgan fingerprint density at radius 2 is 1.15 bits per heavy atom. The molecule has 0 bridgehead atoms. The van der Waals surface area contributed by atoms with Gasteiger partial charge >= 0.3 is 0 Å². The minimum atomic E-state index is 0. The van der Waals surface area contributed by atoms with Crippen LogP contribution in [0.25, 0.3) is 0 Å². The molecule has 0 fully saturated rings. The molecule has 0 unspecified atom stereocenters. The minimum Gasteiger partial charge on any atom is -0.114 e. The molecule has 0 aliphatic rings. The number of rotatable bonds is 1. The summed E-state index contributed by atoms with van der Waals surface area (Å²) in [5, 5.41) is 0. The number of hydrogen-bond acceptors (Lipinski definition) is 0. The van der Waals surface area contributed by atoms with Crippen LogP contribution in [0.15, 0.2) is 30.3 Å². The van der Waals surface area contributed by atoms with Gasteiger partial charge in [-0.2, -0.15) is 0 Å². The maximum atomic E-state index is 2.16. The highest BCUT2D eigenvalue weighted by Crippen LogP contribution is 1.96. The van der Waals surface area contributed by atoms with Gasteiger partial charge in [-0.3, -0.25) is 0 Å². The van der Waals surface area contributed by atoms with Crippen molar-refractivity contribution in [2.24, 2.45) is 0 Å². The lowest BCUT2D eigenvalue weighted by Gasteiger charge is -1.89. The zero-order chi connectivity index (χ0) is 5.82. The van der Waals surface area contributed by atoms with Crippen LogP contribution in [0.1, 0.15) is 12.5 Å². The first-order chi connectivity index (χ1) is 3.93. The second kappa shape index (κ2) is 19.2. The molecule has 0 aliphatic carbocycles. The summed E-state index contributed by atoms with van der Waals surface area (Å²) < 4.78 is 0. The first-order valence-corrected chi connectivity index (χ1v) is 2.97. The normalized spacial score (nSPS) is 5.62. The van der Waals surface area contributed by atoms with Crippen molar-refractivity contribution in [3.63, 3.8) is 0 Å². The second-order valence-electron chi connectivity index (χ2n) is 1.84. The van der Waals surface area contributed by atoms with Crippen molar-refractivity contribution in [2.75, 3.05) is 0 Å². The van der Waals surface area contributed by atoms with Crippen molar-refractivity contribution < 1.29 is 0 Å². The van der Waals surface area contributed by atoms with Gasteiger partial charge in [0.15, 0.2) is 0 Å². The van der Waals surface area contributed by atoms with Gasteiger partial charge < -0.3 is 0 Å². The van der Waals surface area contributed by atoms with Crippen molar-refractivity contribution >= 4 is 84.9 Å². The van der Waals surface area contributed by atoms with Gasteiger partial charge in [-0.25, -0.2) is 0 Å². The third-order valence-corrected chi connectivity index (χ3v) is 1.25. The minimum absolute atomic E-state index is 0. The number of benzene rings is 1. The van der Waals surface area contributed by atoms with Crippen LogP contribution in [0.2, 0.25) is 0 Å². The van der Waals surface area contributed by atoms with Crippen LogP contribution in [-0.2, 0) is 6.42 Å². The molecule has 0 atom stereocenters. The largest absolute Gasteiger partial charge is 0.114 e. The summed E-state index contributed by atoms with van der Waals surface area (Å²) >= 11 is 0. The molecule has 0 heterocycles. The molecular formula is C8H15Br5. The van der Waals surface area contributed by atoms with Crippen LogP contribution >= 0.6 is 84.9 Å². The predicted molar refractivity (Wildman–Crippen MR) is 87.4 cm³/mol. The van der Waals surface area contributed by atoms with Crippen LogP contribution in [-0.4, -0.2) is 0 Å². The standard InChI is InChI=1S/C8H10.5BrH/c1-2-8-6-4-3-5-7-8;;;;;/h3-7H,2H2,1H3;5*1H. The van der Waals surface area contributed by atoms with Crippen molar-refractivity contribution in [1.82, 2.24) is 0 Å². The molecule has 0 spiro atoms. The van der Waals surface area contributed by atoms with E-state index < -0.39 is 0 Å². The first-order valence-electron chi connectivity index (χ1n) is 2.97. The SMILES string of the molecule is Br.Br.Br.Br.Br.CCc1ccccc1. The fourth-order valence-electron chi connectivity index (χ4n) is 0.714. The average molecular weight is 511 g/mol. The Balaban J connectivity index is -0.0000000427. The van der Waals surface area contributed by atoms with Gasteiger partial charge in [-0.15, -0.1) is 84.9 Å². The summed E-state index contributed by atoms with van der Waals surface area (Å²) in [4.78, 5) is 0. The summed E-state index contributed by atoms with van der Waals surface area (Å²) in [6, 6.07) is 10.5. The molecule has 0 radical (unpaired) electrons. The summed E-state index contributed by atoms with van der Waals surface area (Å²) in [5.41, 5.74) is 1.41. The molecule has 0 aliphatic heterocycles. The summed E-state index contributed by atoms with van der Waals surface area (Å²) in [7, 11) is 0. The Morgan fingerprint density at radius 3 is 1.38 bits per heavy atom. The summed E-state index contributed by atoms with van der Waals surface area (Å²) in [6.07, 6.45) is 1.14. The topological polar surface area (TPSA) is 0 Å². The highest BCUT2D eigenvalue weighted by atomic mass is 79.9. The van der Waals surface area contributed by atoms with E-state index in [0.29, 0.717) is 0 Å². The van der Waals surface area contributed by atoms with Crippen LogP contribution in [0, 0.1) is 0 Å². The smallest absolute Gasteiger partial charge is 0.0307 e. The molecule has 0 aromatic heterocycles. The van der Waals surface area contributed by atoms with E-state index in [4.69, 9.17) is 0 Å². The lowest BCUT2D eigenvalue weighted by atomic mass is 10.2. The molecule has 1 aromatic carbocycles. The van der Waals surface area contributed by atoms with E-state index in [-0.39, 0.29) is 84.9 Å². The van der Waals surface area contributed by atoms with E-state index in [2.05, 4.69) is 31.2 Å². The number of halogens is 5. The highest BCUT2D eigenvalue weighted by molar-refractivity contribution is 8.93. The fraction of sp³-hybridized carbons (Fsp3) is 0.250. The lowest BCUT2D eigenvalue weighted by molar-refractivity contribution is 1.14. The zero-order valence-electron chi connectivity index (χ0n) is 7.14. The number of hydrogen-bond donors (Lipinski definition) is 0. The fourth-order valence-corrected chi connectivity index (χ4v) is 0.714. The molecule has 1 aromatic rings. The van der Waals surface area contributed by atoms with Gasteiger partial charge in [-0.05, 0) is 12.0 Å². The summed E-state index contributed by atoms with van der Waals surface area (Å²) in [5.74, 6) is 0. The van der Waals surface area contributed by atoms with E-state index in [9.17, 15) is 0 Å². The molecule has 0 saturated heterocycles. The monoisotopic (exact) mass is 506 g/mol. The van der Waals surface area contributed by atoms with E-state index in [1.54, 1.807) is 0 Å². The Kier molecular flexibility index (Phi) is 43.4. The Hall–Kier alpha value is 1.62. The predicted octanol–water partition coefficient (Wildman–Crippen LogP) is 5.14. The molecule has 1 rings (SSSR count). The van der Waals surface area contributed by atoms with Gasteiger partial charge in [0.25, 0.3) is 0 Å². The van der Waals surface area contributed by atoms with Crippen LogP contribution in [0.4, 0.5) is 0 Å². The molecular weight excluding hydrogens is 496 g/mol. The highest BCUT2D eigenvalue weighted by Gasteiger charge is 1.79. The zero-order valence-corrected chi connectivity index (χ0v) is 15.7. The van der Waals surface area contributed by atoms with Crippen molar-refractivity contribution in [1.29, 1.82) is 0 Å². The van der Waals surface area contributed by atoms with E-state index >= 15 is 0 Å². The average Bonchev–Trinajstić information content (AvgIpc) is 1.90. The molecule has 0 N–H and O–H groups in total. The first kappa shape index (κ1) is 29.3.